The summed E-state index contributed by atoms with van der Waals surface area (Å²) >= 11 is 0. The number of nitrogens with one attached hydrogen (secondary N) is 1. The van der Waals surface area contributed by atoms with Gasteiger partial charge in [0, 0.05) is 18.7 Å². The quantitative estimate of drug-likeness (QED) is 0.240. The van der Waals surface area contributed by atoms with Crippen molar-refractivity contribution in [3.63, 3.8) is 0 Å². The fraction of sp³-hybridized carbons (Fsp3) is 0.579. The van der Waals surface area contributed by atoms with Crippen molar-refractivity contribution < 1.29 is 33.5 Å². The molecule has 158 valence electrons. The second-order valence-corrected chi connectivity index (χ2v) is 7.12. The van der Waals surface area contributed by atoms with Crippen LogP contribution in [0, 0.1) is 16.0 Å². The highest BCUT2D eigenvalue weighted by atomic mass is 16.7. The topological polar surface area (TPSA) is 126 Å². The van der Waals surface area contributed by atoms with E-state index in [1.54, 1.807) is 13.8 Å². The van der Waals surface area contributed by atoms with E-state index >= 15 is 0 Å². The molecule has 2 fully saturated rings. The zero-order valence-electron chi connectivity index (χ0n) is 16.2. The first-order valence-electron chi connectivity index (χ1n) is 9.55. The highest BCUT2D eigenvalue weighted by Crippen LogP contribution is 2.28. The molecule has 3 rings (SSSR count). The van der Waals surface area contributed by atoms with Gasteiger partial charge in [-0.05, 0) is 45.2 Å². The maximum Gasteiger partial charge on any atom is 0.514 e. The third kappa shape index (κ3) is 5.21. The third-order valence-electron chi connectivity index (χ3n) is 5.05. The number of nitrogens with zero attached hydrogens (tertiary/aromatic N) is 1. The molecule has 29 heavy (non-hydrogen) atoms. The van der Waals surface area contributed by atoms with Gasteiger partial charge >= 0.3 is 6.16 Å². The Morgan fingerprint density at radius 3 is 2.55 bits per heavy atom. The molecule has 0 bridgehead atoms. The Morgan fingerprint density at radius 2 is 1.97 bits per heavy atom. The average Bonchev–Trinajstić information content (AvgIpc) is 2.66. The average molecular weight is 408 g/mol. The maximum absolute atomic E-state index is 12.0. The molecule has 1 amide bonds. The zero-order valence-corrected chi connectivity index (χ0v) is 16.2. The molecule has 10 heteroatoms. The van der Waals surface area contributed by atoms with Gasteiger partial charge < -0.3 is 24.3 Å². The summed E-state index contributed by atoms with van der Waals surface area (Å²) in [5.74, 6) is -0.520. The van der Waals surface area contributed by atoms with Crippen LogP contribution in [0.3, 0.4) is 0 Å². The first-order chi connectivity index (χ1) is 13.8. The summed E-state index contributed by atoms with van der Waals surface area (Å²) in [4.78, 5) is 34.2. The Hall–Kier alpha value is -2.72. The lowest BCUT2D eigenvalue weighted by molar-refractivity contribution is -0.384. The van der Waals surface area contributed by atoms with Crippen LogP contribution >= 0.6 is 0 Å². The van der Waals surface area contributed by atoms with Gasteiger partial charge in [-0.15, -0.1) is 0 Å². The monoisotopic (exact) mass is 408 g/mol. The van der Waals surface area contributed by atoms with E-state index in [9.17, 15) is 19.7 Å². The van der Waals surface area contributed by atoms with E-state index in [0.717, 1.165) is 19.3 Å². The van der Waals surface area contributed by atoms with Crippen molar-refractivity contribution in [3.05, 3.63) is 34.4 Å². The number of carbonyl (C=O) groups is 2. The van der Waals surface area contributed by atoms with Crippen LogP contribution in [0.25, 0.3) is 0 Å². The number of rotatable bonds is 7. The molecule has 1 N–H and O–H groups in total. The molecule has 1 aromatic carbocycles. The molecule has 10 nitrogen and oxygen atoms in total. The molecule has 2 heterocycles. The van der Waals surface area contributed by atoms with Crippen LogP contribution in [0.15, 0.2) is 24.3 Å². The number of hydrogen-bond acceptors (Lipinski definition) is 8. The SMILES string of the molecule is C[C@H](OC(=O)Oc1ccc([N+](=O)[O-])cc1)[C@H]1NC(=O)[C@@H]1[C@@H](C)OC1CCCCO1. The van der Waals surface area contributed by atoms with E-state index in [0.29, 0.717) is 6.61 Å². The number of carbonyl (C=O) groups excluding carboxylic acids is 2. The van der Waals surface area contributed by atoms with Gasteiger partial charge in [0.2, 0.25) is 5.91 Å². The lowest BCUT2D eigenvalue weighted by Crippen LogP contribution is -2.67. The molecular weight excluding hydrogens is 384 g/mol. The molecular formula is C19H24N2O8. The normalized spacial score (nSPS) is 25.9. The van der Waals surface area contributed by atoms with E-state index in [-0.39, 0.29) is 23.6 Å². The summed E-state index contributed by atoms with van der Waals surface area (Å²) in [7, 11) is 0. The third-order valence-corrected chi connectivity index (χ3v) is 5.05. The largest absolute Gasteiger partial charge is 0.514 e. The summed E-state index contributed by atoms with van der Waals surface area (Å²) in [5.41, 5.74) is -0.116. The Bertz CT molecular complexity index is 747. The van der Waals surface area contributed by atoms with Gasteiger partial charge in [-0.25, -0.2) is 4.79 Å². The van der Waals surface area contributed by atoms with Gasteiger partial charge in [0.25, 0.3) is 5.69 Å². The minimum absolute atomic E-state index is 0.116. The van der Waals surface area contributed by atoms with Crippen LogP contribution in [0.1, 0.15) is 33.1 Å². The summed E-state index contributed by atoms with van der Waals surface area (Å²) in [6.45, 7) is 4.10. The van der Waals surface area contributed by atoms with E-state index < -0.39 is 35.2 Å². The molecule has 2 aliphatic rings. The van der Waals surface area contributed by atoms with Gasteiger partial charge in [-0.3, -0.25) is 14.9 Å². The smallest absolute Gasteiger partial charge is 0.429 e. The number of nitro benzene ring substituents is 1. The van der Waals surface area contributed by atoms with Crippen LogP contribution in [-0.4, -0.2) is 48.1 Å². The van der Waals surface area contributed by atoms with Crippen LogP contribution in [0.5, 0.6) is 5.75 Å². The predicted molar refractivity (Wildman–Crippen MR) is 99.2 cm³/mol. The van der Waals surface area contributed by atoms with Crippen molar-refractivity contribution in [3.8, 4) is 5.75 Å². The Morgan fingerprint density at radius 1 is 1.24 bits per heavy atom. The van der Waals surface area contributed by atoms with Crippen LogP contribution in [0.2, 0.25) is 0 Å². The Balaban J connectivity index is 1.50. The molecule has 0 saturated carbocycles. The van der Waals surface area contributed by atoms with Gasteiger partial charge in [0.15, 0.2) is 6.29 Å². The van der Waals surface area contributed by atoms with Crippen molar-refractivity contribution >= 4 is 17.7 Å². The summed E-state index contributed by atoms with van der Waals surface area (Å²) < 4.78 is 21.7. The molecule has 0 spiro atoms. The molecule has 2 saturated heterocycles. The first kappa shape index (κ1) is 21.0. The fourth-order valence-corrected chi connectivity index (χ4v) is 3.46. The number of amides is 1. The van der Waals surface area contributed by atoms with Crippen molar-refractivity contribution in [1.29, 1.82) is 0 Å². The van der Waals surface area contributed by atoms with Crippen molar-refractivity contribution in [2.24, 2.45) is 5.92 Å². The van der Waals surface area contributed by atoms with Gasteiger partial charge in [-0.2, -0.15) is 0 Å². The minimum atomic E-state index is -0.963. The van der Waals surface area contributed by atoms with Crippen LogP contribution < -0.4 is 10.1 Å². The number of non-ortho nitro benzene ring substituents is 1. The number of benzene rings is 1. The fourth-order valence-electron chi connectivity index (χ4n) is 3.46. The van der Waals surface area contributed by atoms with E-state index in [1.165, 1.54) is 24.3 Å². The number of nitro groups is 1. The highest BCUT2D eigenvalue weighted by Gasteiger charge is 2.48. The molecule has 1 aromatic rings. The zero-order chi connectivity index (χ0) is 21.0. The van der Waals surface area contributed by atoms with Gasteiger partial charge in [-0.1, -0.05) is 0 Å². The molecule has 0 aliphatic carbocycles. The summed E-state index contributed by atoms with van der Waals surface area (Å²) in [6.07, 6.45) is 0.479. The Kier molecular flexibility index (Phi) is 6.65. The van der Waals surface area contributed by atoms with E-state index in [1.807, 2.05) is 0 Å². The summed E-state index contributed by atoms with van der Waals surface area (Å²) in [6, 6.07) is 4.64. The second kappa shape index (κ2) is 9.19. The Labute approximate surface area is 167 Å². The molecule has 2 aliphatic heterocycles. The minimum Gasteiger partial charge on any atom is -0.429 e. The lowest BCUT2D eigenvalue weighted by atomic mass is 9.83. The van der Waals surface area contributed by atoms with Gasteiger partial charge in [0.1, 0.15) is 11.9 Å². The van der Waals surface area contributed by atoms with E-state index in [4.69, 9.17) is 18.9 Å². The number of hydrogen-bond donors (Lipinski definition) is 1. The number of ether oxygens (including phenoxy) is 4. The molecule has 0 aromatic heterocycles. The second-order valence-electron chi connectivity index (χ2n) is 7.12. The molecule has 1 unspecified atom stereocenters. The van der Waals surface area contributed by atoms with Crippen LogP contribution in [-0.2, 0) is 19.0 Å². The van der Waals surface area contributed by atoms with E-state index in [2.05, 4.69) is 5.32 Å². The van der Waals surface area contributed by atoms with Crippen LogP contribution in [0.4, 0.5) is 10.5 Å². The highest BCUT2D eigenvalue weighted by molar-refractivity contribution is 5.86. The predicted octanol–water partition coefficient (Wildman–Crippen LogP) is 2.55. The standard InChI is InChI=1S/C19H24N2O8/c1-11(27-15-5-3-4-10-26-15)16-17(20-18(16)22)12(2)28-19(23)29-14-8-6-13(7-9-14)21(24)25/h6-9,11-12,15-17H,3-5,10H2,1-2H3,(H,20,22)/t11-,12+,15?,16-,17-/m1/s1. The first-order valence-corrected chi connectivity index (χ1v) is 9.55. The van der Waals surface area contributed by atoms with Gasteiger partial charge in [0.05, 0.1) is 23.0 Å². The number of β-lactam (4-membered cyclic amide) rings is 1. The molecule has 5 atom stereocenters. The van der Waals surface area contributed by atoms with Crippen molar-refractivity contribution in [2.75, 3.05) is 6.61 Å². The lowest BCUT2D eigenvalue weighted by Gasteiger charge is -2.43. The molecule has 0 radical (unpaired) electrons. The maximum atomic E-state index is 12.0. The van der Waals surface area contributed by atoms with Crippen molar-refractivity contribution in [2.45, 2.75) is 57.6 Å². The summed E-state index contributed by atoms with van der Waals surface area (Å²) in [5, 5.41) is 13.4. The van der Waals surface area contributed by atoms with Crippen molar-refractivity contribution in [1.82, 2.24) is 5.32 Å².